The van der Waals surface area contributed by atoms with Crippen molar-refractivity contribution in [1.29, 1.82) is 5.26 Å². The molecule has 0 aromatic heterocycles. The van der Waals surface area contributed by atoms with E-state index in [-0.39, 0.29) is 31.0 Å². The van der Waals surface area contributed by atoms with Crippen LogP contribution in [-0.4, -0.2) is 38.2 Å². The van der Waals surface area contributed by atoms with Crippen LogP contribution in [0.1, 0.15) is 53.9 Å². The highest BCUT2D eigenvalue weighted by atomic mass is 16.7. The molecule has 0 spiro atoms. The third-order valence-corrected chi connectivity index (χ3v) is 7.05. The Kier molecular flexibility index (Phi) is 7.27. The minimum Gasteiger partial charge on any atom is -0.497 e. The predicted octanol–water partition coefficient (Wildman–Crippen LogP) is 5.48. The van der Waals surface area contributed by atoms with Gasteiger partial charge in [-0.1, -0.05) is 25.1 Å². The summed E-state index contributed by atoms with van der Waals surface area (Å²) in [5, 5.41) is 19.2. The van der Waals surface area contributed by atoms with E-state index in [1.54, 1.807) is 13.2 Å². The summed E-state index contributed by atoms with van der Waals surface area (Å²) in [5.74, 6) is 1.50. The number of hydrogen-bond acceptors (Lipinski definition) is 7. The fraction of sp³-hybridized carbons (Fsp3) is 0.333. The Balaban J connectivity index is 1.67. The highest BCUT2D eigenvalue weighted by Gasteiger charge is 2.44. The molecule has 0 saturated heterocycles. The van der Waals surface area contributed by atoms with Crippen molar-refractivity contribution in [2.75, 3.05) is 27.1 Å². The second-order valence-corrected chi connectivity index (χ2v) is 9.32. The highest BCUT2D eigenvalue weighted by molar-refractivity contribution is 5.69. The molecular weight excluding hydrogens is 486 g/mol. The van der Waals surface area contributed by atoms with E-state index in [4.69, 9.17) is 23.7 Å². The number of aliphatic carboxylic acids is 1. The molecule has 3 aromatic carbocycles. The smallest absolute Gasteiger partial charge is 0.341 e. The van der Waals surface area contributed by atoms with E-state index in [0.29, 0.717) is 29.6 Å². The zero-order valence-corrected chi connectivity index (χ0v) is 21.3. The van der Waals surface area contributed by atoms with Gasteiger partial charge in [-0.2, -0.15) is 5.26 Å². The van der Waals surface area contributed by atoms with Crippen LogP contribution < -0.4 is 23.7 Å². The lowest BCUT2D eigenvalue weighted by Gasteiger charge is -2.26. The number of nitrogens with zero attached hydrogens (tertiary/aromatic N) is 1. The van der Waals surface area contributed by atoms with E-state index < -0.39 is 12.6 Å². The van der Waals surface area contributed by atoms with Crippen molar-refractivity contribution in [3.63, 3.8) is 0 Å². The summed E-state index contributed by atoms with van der Waals surface area (Å²) in [5.41, 5.74) is 3.91. The van der Waals surface area contributed by atoms with Gasteiger partial charge in [-0.25, -0.2) is 4.79 Å². The lowest BCUT2D eigenvalue weighted by atomic mass is 9.77. The van der Waals surface area contributed by atoms with Crippen LogP contribution in [-0.2, 0) is 4.79 Å². The minimum absolute atomic E-state index is 0.112. The van der Waals surface area contributed by atoms with E-state index in [1.807, 2.05) is 42.5 Å². The van der Waals surface area contributed by atoms with Crippen LogP contribution in [0.25, 0.3) is 0 Å². The highest BCUT2D eigenvalue weighted by Crippen LogP contribution is 2.56. The number of fused-ring (bicyclic) bond motifs is 2. The molecule has 1 aliphatic carbocycles. The monoisotopic (exact) mass is 515 g/mol. The number of rotatable bonds is 10. The Labute approximate surface area is 221 Å². The van der Waals surface area contributed by atoms with E-state index >= 15 is 0 Å². The number of carboxylic acid groups (broad SMARTS) is 1. The SMILES string of the molecule is CCCOc1ccc2c(c1)C(c1ccc(OC)cc1OCC(=O)O)C(CC#N)C2c1ccc2c(c1)OCO2. The standard InChI is InChI=1S/C30H29NO7/c1-3-12-35-20-6-7-21-24(14-20)30(22-8-5-19(34-2)15-26(22)36-16-28(32)33)23(10-11-31)29(21)18-4-9-25-27(13-18)38-17-37-25/h4-9,13-15,23,29-30H,3,10,12,16-17H2,1-2H3,(H,32,33). The van der Waals surface area contributed by atoms with Gasteiger partial charge in [0.2, 0.25) is 6.79 Å². The maximum Gasteiger partial charge on any atom is 0.341 e. The fourth-order valence-electron chi connectivity index (χ4n) is 5.50. The maximum absolute atomic E-state index is 11.4. The molecule has 3 atom stereocenters. The van der Waals surface area contributed by atoms with Crippen molar-refractivity contribution >= 4 is 5.97 Å². The zero-order chi connectivity index (χ0) is 26.6. The van der Waals surface area contributed by atoms with Crippen molar-refractivity contribution < 1.29 is 33.6 Å². The summed E-state index contributed by atoms with van der Waals surface area (Å²) < 4.78 is 28.3. The Morgan fingerprint density at radius 2 is 1.76 bits per heavy atom. The van der Waals surface area contributed by atoms with Crippen LogP contribution in [0, 0.1) is 17.2 Å². The lowest BCUT2D eigenvalue weighted by molar-refractivity contribution is -0.139. The van der Waals surface area contributed by atoms with Crippen molar-refractivity contribution in [2.45, 2.75) is 31.6 Å². The molecule has 5 rings (SSSR count). The van der Waals surface area contributed by atoms with Crippen molar-refractivity contribution in [1.82, 2.24) is 0 Å². The first-order valence-electron chi connectivity index (χ1n) is 12.6. The first kappa shape index (κ1) is 25.3. The first-order chi connectivity index (χ1) is 18.5. The second kappa shape index (κ2) is 10.9. The van der Waals surface area contributed by atoms with Gasteiger partial charge in [-0.3, -0.25) is 0 Å². The van der Waals surface area contributed by atoms with Crippen molar-refractivity contribution in [3.8, 4) is 34.8 Å². The molecule has 2 aliphatic rings. The van der Waals surface area contributed by atoms with Gasteiger partial charge in [0, 0.05) is 29.9 Å². The summed E-state index contributed by atoms with van der Waals surface area (Å²) >= 11 is 0. The third kappa shape index (κ3) is 4.80. The summed E-state index contributed by atoms with van der Waals surface area (Å²) in [6.45, 7) is 2.33. The van der Waals surface area contributed by atoms with E-state index in [2.05, 4.69) is 19.1 Å². The van der Waals surface area contributed by atoms with E-state index in [0.717, 1.165) is 34.4 Å². The Bertz CT molecular complexity index is 1380. The molecular formula is C30H29NO7. The molecule has 0 bridgehead atoms. The average Bonchev–Trinajstić information content (AvgIpc) is 3.52. The van der Waals surface area contributed by atoms with Gasteiger partial charge in [0.15, 0.2) is 18.1 Å². The molecule has 8 nitrogen and oxygen atoms in total. The summed E-state index contributed by atoms with van der Waals surface area (Å²) in [7, 11) is 1.55. The van der Waals surface area contributed by atoms with Gasteiger partial charge in [0.25, 0.3) is 0 Å². The Hall–Kier alpha value is -4.38. The fourth-order valence-corrected chi connectivity index (χ4v) is 5.50. The summed E-state index contributed by atoms with van der Waals surface area (Å²) in [4.78, 5) is 11.4. The van der Waals surface area contributed by atoms with Crippen LogP contribution in [0.3, 0.4) is 0 Å². The summed E-state index contributed by atoms with van der Waals surface area (Å²) in [6, 6.07) is 19.8. The van der Waals surface area contributed by atoms with Crippen LogP contribution >= 0.6 is 0 Å². The van der Waals surface area contributed by atoms with Gasteiger partial charge in [-0.15, -0.1) is 0 Å². The van der Waals surface area contributed by atoms with E-state index in [9.17, 15) is 15.2 Å². The van der Waals surface area contributed by atoms with Crippen LogP contribution in [0.2, 0.25) is 0 Å². The zero-order valence-electron chi connectivity index (χ0n) is 21.3. The molecule has 1 aliphatic heterocycles. The van der Waals surface area contributed by atoms with Crippen LogP contribution in [0.15, 0.2) is 54.6 Å². The number of ether oxygens (including phenoxy) is 5. The topological polar surface area (TPSA) is 107 Å². The van der Waals surface area contributed by atoms with Gasteiger partial charge >= 0.3 is 5.97 Å². The predicted molar refractivity (Wildman–Crippen MR) is 138 cm³/mol. The largest absolute Gasteiger partial charge is 0.497 e. The number of carbonyl (C=O) groups is 1. The van der Waals surface area contributed by atoms with Crippen molar-refractivity contribution in [2.24, 2.45) is 5.92 Å². The lowest BCUT2D eigenvalue weighted by Crippen LogP contribution is -2.17. The first-order valence-corrected chi connectivity index (χ1v) is 12.6. The average molecular weight is 516 g/mol. The third-order valence-electron chi connectivity index (χ3n) is 7.05. The molecule has 3 aromatic rings. The molecule has 196 valence electrons. The molecule has 0 radical (unpaired) electrons. The molecule has 1 N–H and O–H groups in total. The maximum atomic E-state index is 11.4. The Morgan fingerprint density at radius 1 is 0.974 bits per heavy atom. The number of carboxylic acids is 1. The van der Waals surface area contributed by atoms with Gasteiger partial charge in [0.05, 0.1) is 19.8 Å². The van der Waals surface area contributed by atoms with Gasteiger partial charge in [-0.05, 0) is 59.4 Å². The number of benzene rings is 3. The number of hydrogen-bond donors (Lipinski definition) is 1. The van der Waals surface area contributed by atoms with Gasteiger partial charge in [0.1, 0.15) is 17.2 Å². The molecule has 0 amide bonds. The quantitative estimate of drug-likeness (QED) is 0.378. The molecule has 3 unspecified atom stereocenters. The normalized spacial score (nSPS) is 18.9. The molecule has 1 heterocycles. The molecule has 8 heteroatoms. The second-order valence-electron chi connectivity index (χ2n) is 9.32. The molecule has 38 heavy (non-hydrogen) atoms. The van der Waals surface area contributed by atoms with Crippen LogP contribution in [0.4, 0.5) is 0 Å². The van der Waals surface area contributed by atoms with Crippen molar-refractivity contribution in [3.05, 3.63) is 76.9 Å². The van der Waals surface area contributed by atoms with Gasteiger partial charge < -0.3 is 28.8 Å². The summed E-state index contributed by atoms with van der Waals surface area (Å²) in [6.07, 6.45) is 1.15. The number of nitriles is 1. The Morgan fingerprint density at radius 3 is 2.53 bits per heavy atom. The minimum atomic E-state index is -1.08. The van der Waals surface area contributed by atoms with Crippen LogP contribution in [0.5, 0.6) is 28.7 Å². The number of methoxy groups -OCH3 is 1. The molecule has 0 fully saturated rings. The van der Waals surface area contributed by atoms with E-state index in [1.165, 1.54) is 0 Å². The molecule has 0 saturated carbocycles.